The maximum absolute atomic E-state index is 11.2. The van der Waals surface area contributed by atoms with Crippen LogP contribution in [0.15, 0.2) is 18.2 Å². The first-order valence-corrected chi connectivity index (χ1v) is 5.53. The molecule has 1 aromatic rings. The second kappa shape index (κ2) is 6.03. The molecule has 0 spiro atoms. The van der Waals surface area contributed by atoms with Gasteiger partial charge in [0.25, 0.3) is 0 Å². The predicted molar refractivity (Wildman–Crippen MR) is 63.1 cm³/mol. The van der Waals surface area contributed by atoms with Crippen molar-refractivity contribution >= 4 is 11.9 Å². The normalized spacial score (nSPS) is 10.0. The third kappa shape index (κ3) is 3.90. The van der Waals surface area contributed by atoms with Crippen LogP contribution in [-0.4, -0.2) is 23.7 Å². The Bertz CT molecular complexity index is 423. The van der Waals surface area contributed by atoms with Gasteiger partial charge in [0.05, 0.1) is 12.2 Å². The van der Waals surface area contributed by atoms with Crippen LogP contribution < -0.4 is 0 Å². The Hall–Kier alpha value is -1.84. The lowest BCUT2D eigenvalue weighted by molar-refractivity contribution is -0.143. The van der Waals surface area contributed by atoms with Crippen LogP contribution in [0.1, 0.15) is 34.8 Å². The van der Waals surface area contributed by atoms with Crippen molar-refractivity contribution in [1.82, 2.24) is 0 Å². The van der Waals surface area contributed by atoms with E-state index in [1.165, 1.54) is 0 Å². The Morgan fingerprint density at radius 2 is 2.06 bits per heavy atom. The number of carbonyl (C=O) groups excluding carboxylic acids is 1. The molecule has 0 radical (unpaired) electrons. The van der Waals surface area contributed by atoms with Crippen LogP contribution in [-0.2, 0) is 16.0 Å². The topological polar surface area (TPSA) is 63.6 Å². The summed E-state index contributed by atoms with van der Waals surface area (Å²) in [6.45, 7) is 3.92. The lowest BCUT2D eigenvalue weighted by Gasteiger charge is -2.07. The zero-order valence-electron chi connectivity index (χ0n) is 10.0. The molecule has 17 heavy (non-hydrogen) atoms. The molecule has 0 aliphatic rings. The molecule has 0 aliphatic heterocycles. The number of hydrogen-bond acceptors (Lipinski definition) is 3. The monoisotopic (exact) mass is 236 g/mol. The van der Waals surface area contributed by atoms with Gasteiger partial charge in [0.2, 0.25) is 0 Å². The van der Waals surface area contributed by atoms with E-state index >= 15 is 0 Å². The Morgan fingerprint density at radius 3 is 2.65 bits per heavy atom. The molecule has 92 valence electrons. The molecular formula is C13H16O4. The number of carboxylic acids is 1. The van der Waals surface area contributed by atoms with E-state index < -0.39 is 5.97 Å². The van der Waals surface area contributed by atoms with E-state index in [2.05, 4.69) is 0 Å². The molecule has 0 bridgehead atoms. The largest absolute Gasteiger partial charge is 0.478 e. The Morgan fingerprint density at radius 1 is 1.35 bits per heavy atom. The number of rotatable bonds is 5. The molecule has 0 fully saturated rings. The first-order chi connectivity index (χ1) is 8.04. The predicted octanol–water partition coefficient (Wildman–Crippen LogP) is 2.19. The zero-order chi connectivity index (χ0) is 12.8. The summed E-state index contributed by atoms with van der Waals surface area (Å²) >= 11 is 0. The number of carboxylic acid groups (broad SMARTS) is 1. The highest BCUT2D eigenvalue weighted by molar-refractivity contribution is 5.89. The highest BCUT2D eigenvalue weighted by atomic mass is 16.5. The fourth-order valence-electron chi connectivity index (χ4n) is 1.58. The Kier molecular flexibility index (Phi) is 4.69. The van der Waals surface area contributed by atoms with Gasteiger partial charge >= 0.3 is 11.9 Å². The molecule has 0 amide bonds. The van der Waals surface area contributed by atoms with Gasteiger partial charge in [-0.2, -0.15) is 0 Å². The molecule has 4 heteroatoms. The molecule has 0 atom stereocenters. The maximum atomic E-state index is 11.2. The van der Waals surface area contributed by atoms with Crippen molar-refractivity contribution in [2.45, 2.75) is 26.7 Å². The average Bonchev–Trinajstić information content (AvgIpc) is 2.27. The van der Waals surface area contributed by atoms with E-state index in [9.17, 15) is 9.59 Å². The van der Waals surface area contributed by atoms with Crippen molar-refractivity contribution in [3.05, 3.63) is 34.9 Å². The number of aryl methyl sites for hydroxylation is 2. The lowest BCUT2D eigenvalue weighted by atomic mass is 10.0. The Balaban J connectivity index is 2.77. The summed E-state index contributed by atoms with van der Waals surface area (Å²) in [5, 5.41) is 9.04. The zero-order valence-corrected chi connectivity index (χ0v) is 10.0. The van der Waals surface area contributed by atoms with Crippen LogP contribution >= 0.6 is 0 Å². The van der Waals surface area contributed by atoms with E-state index in [1.54, 1.807) is 19.1 Å². The van der Waals surface area contributed by atoms with Gasteiger partial charge < -0.3 is 9.84 Å². The highest BCUT2D eigenvalue weighted by Crippen LogP contribution is 2.14. The quantitative estimate of drug-likeness (QED) is 0.796. The second-order valence-corrected chi connectivity index (χ2v) is 3.77. The molecule has 0 saturated heterocycles. The summed E-state index contributed by atoms with van der Waals surface area (Å²) in [4.78, 5) is 22.2. The SMILES string of the molecule is CCOC(=O)CCc1ccc(C)cc1C(=O)O. The number of aromatic carboxylic acids is 1. The van der Waals surface area contributed by atoms with E-state index in [1.807, 2.05) is 13.0 Å². The number of benzene rings is 1. The number of esters is 1. The smallest absolute Gasteiger partial charge is 0.335 e. The van der Waals surface area contributed by atoms with Gasteiger partial charge in [-0.1, -0.05) is 17.7 Å². The molecule has 4 nitrogen and oxygen atoms in total. The summed E-state index contributed by atoms with van der Waals surface area (Å²) in [7, 11) is 0. The summed E-state index contributed by atoms with van der Waals surface area (Å²) in [5.74, 6) is -1.27. The van der Waals surface area contributed by atoms with E-state index in [4.69, 9.17) is 9.84 Å². The van der Waals surface area contributed by atoms with Crippen molar-refractivity contribution in [2.24, 2.45) is 0 Å². The van der Waals surface area contributed by atoms with Gasteiger partial charge in [-0.05, 0) is 31.9 Å². The summed E-state index contributed by atoms with van der Waals surface area (Å²) in [6, 6.07) is 5.20. The highest BCUT2D eigenvalue weighted by Gasteiger charge is 2.11. The van der Waals surface area contributed by atoms with Gasteiger partial charge in [-0.25, -0.2) is 4.79 Å². The summed E-state index contributed by atoms with van der Waals surface area (Å²) in [5.41, 5.74) is 1.81. The van der Waals surface area contributed by atoms with Gasteiger partial charge in [0, 0.05) is 6.42 Å². The Labute approximate surface area is 100 Å². The minimum atomic E-state index is -0.965. The van der Waals surface area contributed by atoms with Crippen molar-refractivity contribution in [1.29, 1.82) is 0 Å². The summed E-state index contributed by atoms with van der Waals surface area (Å²) < 4.78 is 4.80. The maximum Gasteiger partial charge on any atom is 0.335 e. The molecule has 0 heterocycles. The van der Waals surface area contributed by atoms with E-state index in [0.717, 1.165) is 5.56 Å². The average molecular weight is 236 g/mol. The molecule has 0 saturated carbocycles. The van der Waals surface area contributed by atoms with Gasteiger partial charge in [-0.15, -0.1) is 0 Å². The lowest BCUT2D eigenvalue weighted by Crippen LogP contribution is -2.08. The minimum Gasteiger partial charge on any atom is -0.478 e. The molecule has 1 aromatic carbocycles. The van der Waals surface area contributed by atoms with Crippen molar-refractivity contribution in [3.63, 3.8) is 0 Å². The minimum absolute atomic E-state index is 0.206. The first-order valence-electron chi connectivity index (χ1n) is 5.53. The molecule has 0 unspecified atom stereocenters. The number of carbonyl (C=O) groups is 2. The molecule has 0 aliphatic carbocycles. The third-order valence-corrected chi connectivity index (χ3v) is 2.40. The van der Waals surface area contributed by atoms with E-state index in [0.29, 0.717) is 18.6 Å². The third-order valence-electron chi connectivity index (χ3n) is 2.40. The fourth-order valence-corrected chi connectivity index (χ4v) is 1.58. The molecule has 0 aromatic heterocycles. The summed E-state index contributed by atoms with van der Waals surface area (Å²) in [6.07, 6.45) is 0.595. The standard InChI is InChI=1S/C13H16O4/c1-3-17-12(14)7-6-10-5-4-9(2)8-11(10)13(15)16/h4-5,8H,3,6-7H2,1-2H3,(H,15,16). The first kappa shape index (κ1) is 13.2. The van der Waals surface area contributed by atoms with E-state index in [-0.39, 0.29) is 18.0 Å². The second-order valence-electron chi connectivity index (χ2n) is 3.77. The van der Waals surface area contributed by atoms with Crippen LogP contribution in [0.25, 0.3) is 0 Å². The molecule has 1 rings (SSSR count). The fraction of sp³-hybridized carbons (Fsp3) is 0.385. The van der Waals surface area contributed by atoms with Crippen molar-refractivity contribution in [2.75, 3.05) is 6.61 Å². The molecular weight excluding hydrogens is 220 g/mol. The number of ether oxygens (including phenoxy) is 1. The van der Waals surface area contributed by atoms with Gasteiger partial charge in [0.15, 0.2) is 0 Å². The van der Waals surface area contributed by atoms with Crippen LogP contribution in [0.4, 0.5) is 0 Å². The van der Waals surface area contributed by atoms with Crippen LogP contribution in [0, 0.1) is 6.92 Å². The van der Waals surface area contributed by atoms with Crippen molar-refractivity contribution in [3.8, 4) is 0 Å². The van der Waals surface area contributed by atoms with Gasteiger partial charge in [-0.3, -0.25) is 4.79 Å². The van der Waals surface area contributed by atoms with Gasteiger partial charge in [0.1, 0.15) is 0 Å². The van der Waals surface area contributed by atoms with Crippen LogP contribution in [0.2, 0.25) is 0 Å². The van der Waals surface area contributed by atoms with Crippen LogP contribution in [0.5, 0.6) is 0 Å². The number of hydrogen-bond donors (Lipinski definition) is 1. The van der Waals surface area contributed by atoms with Crippen molar-refractivity contribution < 1.29 is 19.4 Å². The molecule has 1 N–H and O–H groups in total. The van der Waals surface area contributed by atoms with Crippen LogP contribution in [0.3, 0.4) is 0 Å².